The van der Waals surface area contributed by atoms with Gasteiger partial charge in [0.1, 0.15) is 5.82 Å². The van der Waals surface area contributed by atoms with E-state index in [1.807, 2.05) is 0 Å². The van der Waals surface area contributed by atoms with Crippen molar-refractivity contribution < 1.29 is 0 Å². The monoisotopic (exact) mass is 265 g/mol. The van der Waals surface area contributed by atoms with Crippen molar-refractivity contribution in [2.24, 2.45) is 0 Å². The Bertz CT molecular complexity index is 477. The van der Waals surface area contributed by atoms with Crippen LogP contribution in [0, 0.1) is 0 Å². The fourth-order valence-electron chi connectivity index (χ4n) is 1.32. The van der Waals surface area contributed by atoms with Crippen molar-refractivity contribution in [2.75, 3.05) is 11.6 Å². The van der Waals surface area contributed by atoms with Crippen LogP contribution in [0.5, 0.6) is 0 Å². The summed E-state index contributed by atoms with van der Waals surface area (Å²) in [6.07, 6.45) is 2.07. The van der Waals surface area contributed by atoms with E-state index in [9.17, 15) is 0 Å². The van der Waals surface area contributed by atoms with Gasteiger partial charge in [-0.05, 0) is 30.5 Å². The minimum Gasteiger partial charge on any atom is -0.330 e. The summed E-state index contributed by atoms with van der Waals surface area (Å²) in [6, 6.07) is 8.30. The number of aromatic nitrogens is 2. The van der Waals surface area contributed by atoms with Gasteiger partial charge in [0, 0.05) is 28.0 Å². The summed E-state index contributed by atoms with van der Waals surface area (Å²) < 4.78 is 4.31. The highest BCUT2D eigenvalue weighted by Gasteiger charge is 2.07. The molecule has 0 aliphatic heterocycles. The van der Waals surface area contributed by atoms with E-state index < -0.39 is 0 Å². The number of rotatable bonds is 4. The zero-order valence-electron chi connectivity index (χ0n) is 10.1. The maximum Gasteiger partial charge on any atom is 0.207 e. The Hall–Kier alpha value is -1.07. The van der Waals surface area contributed by atoms with Gasteiger partial charge in [0.2, 0.25) is 5.13 Å². The molecule has 1 aromatic heterocycles. The van der Waals surface area contributed by atoms with Gasteiger partial charge < -0.3 is 5.32 Å². The molecule has 3 nitrogen and oxygen atoms in total. The molecule has 0 unspecified atom stereocenters. The van der Waals surface area contributed by atoms with Crippen LogP contribution in [0.3, 0.4) is 0 Å². The predicted molar refractivity (Wildman–Crippen MR) is 75.5 cm³/mol. The van der Waals surface area contributed by atoms with Crippen molar-refractivity contribution in [3.05, 3.63) is 30.1 Å². The van der Waals surface area contributed by atoms with Gasteiger partial charge >= 0.3 is 0 Å². The third-order valence-corrected chi connectivity index (χ3v) is 3.69. The number of hydrogen-bond acceptors (Lipinski definition) is 5. The second-order valence-corrected chi connectivity index (χ2v) is 5.60. The van der Waals surface area contributed by atoms with Crippen LogP contribution in [0.2, 0.25) is 0 Å². The van der Waals surface area contributed by atoms with Gasteiger partial charge in [-0.15, -0.1) is 11.8 Å². The molecule has 0 saturated heterocycles. The van der Waals surface area contributed by atoms with Crippen molar-refractivity contribution in [1.82, 2.24) is 9.36 Å². The quantitative estimate of drug-likeness (QED) is 0.844. The Labute approximate surface area is 110 Å². The van der Waals surface area contributed by atoms with Crippen LogP contribution in [0.1, 0.15) is 25.6 Å². The lowest BCUT2D eigenvalue weighted by Crippen LogP contribution is -1.92. The van der Waals surface area contributed by atoms with Crippen molar-refractivity contribution in [2.45, 2.75) is 24.7 Å². The molecule has 0 fully saturated rings. The Balaban J connectivity index is 2.08. The standard InChI is InChI=1S/C12H15N3S2/c1-8(2)11-14-12(17-15-11)13-9-4-6-10(16-3)7-5-9/h4-8H,1-3H3,(H,13,14,15). The third-order valence-electron chi connectivity index (χ3n) is 2.30. The van der Waals surface area contributed by atoms with Gasteiger partial charge in [0.15, 0.2) is 0 Å². The molecule has 0 bridgehead atoms. The summed E-state index contributed by atoms with van der Waals surface area (Å²) in [6.45, 7) is 4.19. The maximum atomic E-state index is 4.44. The predicted octanol–water partition coefficient (Wildman–Crippen LogP) is 4.13. The first kappa shape index (κ1) is 12.4. The second kappa shape index (κ2) is 5.51. The molecule has 90 valence electrons. The molecule has 5 heteroatoms. The molecule has 1 N–H and O–H groups in total. The summed E-state index contributed by atoms with van der Waals surface area (Å²) in [5, 5.41) is 4.12. The van der Waals surface area contributed by atoms with Gasteiger partial charge in [-0.3, -0.25) is 0 Å². The molecule has 2 aromatic rings. The number of nitrogens with one attached hydrogen (secondary N) is 1. The Kier molecular flexibility index (Phi) is 4.02. The highest BCUT2D eigenvalue weighted by molar-refractivity contribution is 7.98. The van der Waals surface area contributed by atoms with E-state index in [1.165, 1.54) is 16.4 Å². The molecular weight excluding hydrogens is 250 g/mol. The van der Waals surface area contributed by atoms with Crippen LogP contribution in [0.25, 0.3) is 0 Å². The number of anilines is 2. The average molecular weight is 265 g/mol. The van der Waals surface area contributed by atoms with Crippen molar-refractivity contribution in [3.63, 3.8) is 0 Å². The largest absolute Gasteiger partial charge is 0.330 e. The molecule has 0 radical (unpaired) electrons. The lowest BCUT2D eigenvalue weighted by Gasteiger charge is -2.02. The maximum absolute atomic E-state index is 4.44. The van der Waals surface area contributed by atoms with Crippen molar-refractivity contribution in [1.29, 1.82) is 0 Å². The summed E-state index contributed by atoms with van der Waals surface area (Å²) in [4.78, 5) is 5.70. The number of thioether (sulfide) groups is 1. The topological polar surface area (TPSA) is 37.8 Å². The van der Waals surface area contributed by atoms with Gasteiger partial charge in [0.05, 0.1) is 0 Å². The number of hydrogen-bond donors (Lipinski definition) is 1. The zero-order chi connectivity index (χ0) is 12.3. The SMILES string of the molecule is CSc1ccc(Nc2nc(C(C)C)ns2)cc1. The zero-order valence-corrected chi connectivity index (χ0v) is 11.7. The van der Waals surface area contributed by atoms with Crippen LogP contribution < -0.4 is 5.32 Å². The molecule has 0 spiro atoms. The van der Waals surface area contributed by atoms with E-state index in [-0.39, 0.29) is 0 Å². The smallest absolute Gasteiger partial charge is 0.207 e. The van der Waals surface area contributed by atoms with Crippen molar-refractivity contribution in [3.8, 4) is 0 Å². The van der Waals surface area contributed by atoms with Gasteiger partial charge in [0.25, 0.3) is 0 Å². The van der Waals surface area contributed by atoms with E-state index in [4.69, 9.17) is 0 Å². The molecular formula is C12H15N3S2. The molecule has 2 rings (SSSR count). The lowest BCUT2D eigenvalue weighted by atomic mass is 10.2. The third kappa shape index (κ3) is 3.20. The molecule has 17 heavy (non-hydrogen) atoms. The van der Waals surface area contributed by atoms with E-state index in [0.29, 0.717) is 5.92 Å². The molecule has 0 atom stereocenters. The Morgan fingerprint density at radius 1 is 1.24 bits per heavy atom. The average Bonchev–Trinajstić information content (AvgIpc) is 2.79. The van der Waals surface area contributed by atoms with E-state index in [1.54, 1.807) is 11.8 Å². The Morgan fingerprint density at radius 3 is 2.47 bits per heavy atom. The normalized spacial score (nSPS) is 10.8. The number of nitrogens with zero attached hydrogens (tertiary/aromatic N) is 2. The molecule has 0 saturated carbocycles. The van der Waals surface area contributed by atoms with Crippen LogP contribution >= 0.6 is 23.3 Å². The molecule has 1 aromatic carbocycles. The van der Waals surface area contributed by atoms with Crippen LogP contribution in [-0.4, -0.2) is 15.6 Å². The first-order valence-corrected chi connectivity index (χ1v) is 7.43. The minimum atomic E-state index is 0.376. The van der Waals surface area contributed by atoms with E-state index in [0.717, 1.165) is 16.6 Å². The summed E-state index contributed by atoms with van der Waals surface area (Å²) in [5.74, 6) is 1.28. The molecule has 0 aliphatic carbocycles. The van der Waals surface area contributed by atoms with Gasteiger partial charge in [-0.1, -0.05) is 13.8 Å². The second-order valence-electron chi connectivity index (χ2n) is 3.97. The van der Waals surface area contributed by atoms with E-state index in [2.05, 4.69) is 59.0 Å². The molecule has 1 heterocycles. The first-order valence-electron chi connectivity index (χ1n) is 5.43. The van der Waals surface area contributed by atoms with Crippen LogP contribution in [-0.2, 0) is 0 Å². The van der Waals surface area contributed by atoms with Gasteiger partial charge in [-0.25, -0.2) is 4.98 Å². The fourth-order valence-corrected chi connectivity index (χ4v) is 2.46. The fraction of sp³-hybridized carbons (Fsp3) is 0.333. The summed E-state index contributed by atoms with van der Waals surface area (Å²) in [7, 11) is 0. The number of benzene rings is 1. The molecule has 0 aliphatic rings. The highest BCUT2D eigenvalue weighted by Crippen LogP contribution is 2.23. The van der Waals surface area contributed by atoms with Crippen LogP contribution in [0.15, 0.2) is 29.2 Å². The lowest BCUT2D eigenvalue weighted by molar-refractivity contribution is 0.800. The first-order chi connectivity index (χ1) is 8.19. The summed E-state index contributed by atoms with van der Waals surface area (Å²) in [5.41, 5.74) is 1.05. The highest BCUT2D eigenvalue weighted by atomic mass is 32.2. The van der Waals surface area contributed by atoms with Crippen LogP contribution in [0.4, 0.5) is 10.8 Å². The summed E-state index contributed by atoms with van der Waals surface area (Å²) >= 11 is 3.14. The molecule has 0 amide bonds. The Morgan fingerprint density at radius 2 is 1.94 bits per heavy atom. The van der Waals surface area contributed by atoms with Gasteiger partial charge in [-0.2, -0.15) is 4.37 Å². The van der Waals surface area contributed by atoms with E-state index >= 15 is 0 Å². The minimum absolute atomic E-state index is 0.376. The van der Waals surface area contributed by atoms with Crippen molar-refractivity contribution >= 4 is 34.1 Å².